The molecule has 0 radical (unpaired) electrons. The van der Waals surface area contributed by atoms with Gasteiger partial charge >= 0.3 is 5.97 Å². The fourth-order valence-electron chi connectivity index (χ4n) is 1.87. The molecule has 0 amide bonds. The Labute approximate surface area is 111 Å². The lowest BCUT2D eigenvalue weighted by atomic mass is 10.1. The van der Waals surface area contributed by atoms with Crippen LogP contribution in [0.1, 0.15) is 10.6 Å². The Hall–Kier alpha value is -2.77. The molecule has 0 fully saturated rings. The summed E-state index contributed by atoms with van der Waals surface area (Å²) in [6.45, 7) is 0.463. The molecule has 104 valence electrons. The first kappa shape index (κ1) is 12.3. The van der Waals surface area contributed by atoms with E-state index in [2.05, 4.69) is 9.68 Å². The summed E-state index contributed by atoms with van der Waals surface area (Å²) in [4.78, 5) is 10.8. The number of carbonyl (C=O) groups is 1. The van der Waals surface area contributed by atoms with Crippen molar-refractivity contribution in [2.24, 2.45) is 0 Å². The molecule has 2 aromatic rings. The van der Waals surface area contributed by atoms with E-state index in [1.807, 2.05) is 0 Å². The van der Waals surface area contributed by atoms with Gasteiger partial charge in [0.25, 0.3) is 0 Å². The third-order valence-electron chi connectivity index (χ3n) is 2.73. The number of nitrogens with zero attached hydrogens (tertiary/aromatic N) is 1. The monoisotopic (exact) mass is 281 g/mol. The number of hydrogen-bond acceptors (Lipinski definition) is 6. The van der Waals surface area contributed by atoms with Crippen LogP contribution in [0.3, 0.4) is 0 Å². The highest BCUT2D eigenvalue weighted by Crippen LogP contribution is 2.45. The second kappa shape index (κ2) is 4.41. The zero-order valence-electron chi connectivity index (χ0n) is 9.92. The number of phenols is 1. The molecule has 0 saturated heterocycles. The van der Waals surface area contributed by atoms with Crippen LogP contribution in [-0.4, -0.2) is 34.6 Å². The third kappa shape index (κ3) is 1.81. The van der Waals surface area contributed by atoms with Crippen LogP contribution in [-0.2, 0) is 0 Å². The number of aromatic nitrogens is 1. The number of carboxylic acid groups (broad SMARTS) is 1. The van der Waals surface area contributed by atoms with Gasteiger partial charge in [-0.1, -0.05) is 5.16 Å². The van der Waals surface area contributed by atoms with Crippen molar-refractivity contribution in [1.29, 1.82) is 0 Å². The van der Waals surface area contributed by atoms with E-state index in [0.717, 1.165) is 12.1 Å². The largest absolute Gasteiger partial charge is 0.505 e. The standard InChI is InChI=1S/C12H8FNO6/c13-10-6(15)4-7-11(19-2-1-18-7)9(10)5-3-8(12(16)17)20-14-5/h3-4,15H,1-2H2,(H,16,17). The summed E-state index contributed by atoms with van der Waals surface area (Å²) in [7, 11) is 0. The van der Waals surface area contributed by atoms with E-state index in [9.17, 15) is 14.3 Å². The summed E-state index contributed by atoms with van der Waals surface area (Å²) >= 11 is 0. The first-order valence-electron chi connectivity index (χ1n) is 5.59. The van der Waals surface area contributed by atoms with Crippen molar-refractivity contribution in [3.8, 4) is 28.5 Å². The van der Waals surface area contributed by atoms with Crippen LogP contribution >= 0.6 is 0 Å². The van der Waals surface area contributed by atoms with Gasteiger partial charge in [-0.25, -0.2) is 9.18 Å². The minimum absolute atomic E-state index is 0.0526. The number of aromatic carboxylic acids is 1. The smallest absolute Gasteiger partial charge is 0.374 e. The normalized spacial score (nSPS) is 13.2. The maximum atomic E-state index is 14.1. The van der Waals surface area contributed by atoms with Gasteiger partial charge in [0.1, 0.15) is 18.9 Å². The van der Waals surface area contributed by atoms with Crippen molar-refractivity contribution < 1.29 is 33.4 Å². The van der Waals surface area contributed by atoms with Crippen molar-refractivity contribution in [3.63, 3.8) is 0 Å². The highest BCUT2D eigenvalue weighted by atomic mass is 19.1. The van der Waals surface area contributed by atoms with Crippen molar-refractivity contribution in [3.05, 3.63) is 23.7 Å². The predicted octanol–water partition coefficient (Wildman–Crippen LogP) is 1.66. The molecule has 0 spiro atoms. The number of aromatic hydroxyl groups is 1. The summed E-state index contributed by atoms with van der Waals surface area (Å²) in [6, 6.07) is 2.13. The van der Waals surface area contributed by atoms with E-state index in [0.29, 0.717) is 0 Å². The number of rotatable bonds is 2. The maximum Gasteiger partial charge on any atom is 0.374 e. The second-order valence-corrected chi connectivity index (χ2v) is 3.99. The Kier molecular flexibility index (Phi) is 2.70. The highest BCUT2D eigenvalue weighted by molar-refractivity contribution is 5.86. The van der Waals surface area contributed by atoms with Crippen molar-refractivity contribution in [1.82, 2.24) is 5.16 Å². The van der Waals surface area contributed by atoms with Crippen LogP contribution in [0.2, 0.25) is 0 Å². The number of benzene rings is 1. The lowest BCUT2D eigenvalue weighted by Gasteiger charge is -2.21. The van der Waals surface area contributed by atoms with Gasteiger partial charge in [0.2, 0.25) is 5.76 Å². The fraction of sp³-hybridized carbons (Fsp3) is 0.167. The van der Waals surface area contributed by atoms with E-state index in [4.69, 9.17) is 14.6 Å². The molecule has 8 heteroatoms. The lowest BCUT2D eigenvalue weighted by Crippen LogP contribution is -2.16. The number of halogens is 1. The Balaban J connectivity index is 2.20. The molecular formula is C12H8FNO6. The van der Waals surface area contributed by atoms with Gasteiger partial charge in [-0.05, 0) is 0 Å². The molecule has 7 nitrogen and oxygen atoms in total. The van der Waals surface area contributed by atoms with Crippen LogP contribution < -0.4 is 9.47 Å². The zero-order chi connectivity index (χ0) is 14.3. The lowest BCUT2D eigenvalue weighted by molar-refractivity contribution is 0.0652. The van der Waals surface area contributed by atoms with E-state index in [1.54, 1.807) is 0 Å². The van der Waals surface area contributed by atoms with E-state index in [1.165, 1.54) is 0 Å². The molecule has 1 aromatic carbocycles. The van der Waals surface area contributed by atoms with Crippen molar-refractivity contribution in [2.75, 3.05) is 13.2 Å². The van der Waals surface area contributed by atoms with Gasteiger partial charge in [-0.15, -0.1) is 0 Å². The quantitative estimate of drug-likeness (QED) is 0.862. The first-order chi connectivity index (χ1) is 9.58. The van der Waals surface area contributed by atoms with Crippen molar-refractivity contribution in [2.45, 2.75) is 0 Å². The van der Waals surface area contributed by atoms with Crippen LogP contribution in [0.4, 0.5) is 4.39 Å². The van der Waals surface area contributed by atoms with Crippen molar-refractivity contribution >= 4 is 5.97 Å². The molecule has 0 saturated carbocycles. The molecule has 20 heavy (non-hydrogen) atoms. The molecule has 1 aromatic heterocycles. The topological polar surface area (TPSA) is 102 Å². The molecule has 0 bridgehead atoms. The van der Waals surface area contributed by atoms with E-state index < -0.39 is 23.3 Å². The first-order valence-corrected chi connectivity index (χ1v) is 5.59. The SMILES string of the molecule is O=C(O)c1cc(-c2c(F)c(O)cc3c2OCCO3)no1. The van der Waals surface area contributed by atoms with Crippen LogP contribution in [0.15, 0.2) is 16.7 Å². The average Bonchev–Trinajstić information content (AvgIpc) is 2.90. The van der Waals surface area contributed by atoms with Gasteiger partial charge in [-0.3, -0.25) is 0 Å². The maximum absolute atomic E-state index is 14.1. The summed E-state index contributed by atoms with van der Waals surface area (Å²) < 4.78 is 29.2. The summed E-state index contributed by atoms with van der Waals surface area (Å²) in [5.74, 6) is -3.21. The molecule has 2 N–H and O–H groups in total. The molecule has 0 atom stereocenters. The Morgan fingerprint density at radius 3 is 2.75 bits per heavy atom. The molecule has 1 aliphatic heterocycles. The highest BCUT2D eigenvalue weighted by Gasteiger charge is 2.27. The minimum Gasteiger partial charge on any atom is -0.505 e. The Morgan fingerprint density at radius 1 is 1.30 bits per heavy atom. The number of ether oxygens (including phenoxy) is 2. The molecule has 3 rings (SSSR count). The van der Waals surface area contributed by atoms with E-state index in [-0.39, 0.29) is 36.0 Å². The average molecular weight is 281 g/mol. The van der Waals surface area contributed by atoms with Gasteiger partial charge in [-0.2, -0.15) is 0 Å². The summed E-state index contributed by atoms with van der Waals surface area (Å²) in [5, 5.41) is 21.8. The molecule has 1 aliphatic rings. The van der Waals surface area contributed by atoms with Crippen LogP contribution in [0.5, 0.6) is 17.2 Å². The minimum atomic E-state index is -1.34. The number of fused-ring (bicyclic) bond motifs is 1. The van der Waals surface area contributed by atoms with Gasteiger partial charge in [0, 0.05) is 12.1 Å². The van der Waals surface area contributed by atoms with Crippen LogP contribution in [0, 0.1) is 5.82 Å². The Bertz CT molecular complexity index is 695. The number of phenolic OH excluding ortho intramolecular Hbond substituents is 1. The molecule has 2 heterocycles. The number of hydrogen-bond donors (Lipinski definition) is 2. The third-order valence-corrected chi connectivity index (χ3v) is 2.73. The van der Waals surface area contributed by atoms with Gasteiger partial charge in [0.15, 0.2) is 23.1 Å². The Morgan fingerprint density at radius 2 is 2.05 bits per heavy atom. The number of carboxylic acids is 1. The zero-order valence-corrected chi connectivity index (χ0v) is 9.92. The summed E-state index contributed by atoms with van der Waals surface area (Å²) in [5.41, 5.74) is -0.298. The van der Waals surface area contributed by atoms with Crippen LogP contribution in [0.25, 0.3) is 11.3 Å². The summed E-state index contributed by atoms with van der Waals surface area (Å²) in [6.07, 6.45) is 0. The van der Waals surface area contributed by atoms with Gasteiger partial charge in [0.05, 0.1) is 5.56 Å². The van der Waals surface area contributed by atoms with Gasteiger partial charge < -0.3 is 24.2 Å². The molecular weight excluding hydrogens is 273 g/mol. The van der Waals surface area contributed by atoms with E-state index >= 15 is 0 Å². The second-order valence-electron chi connectivity index (χ2n) is 3.99. The fourth-order valence-corrected chi connectivity index (χ4v) is 1.87. The predicted molar refractivity (Wildman–Crippen MR) is 61.5 cm³/mol. The molecule has 0 aliphatic carbocycles. The molecule has 0 unspecified atom stereocenters.